The van der Waals surface area contributed by atoms with Crippen LogP contribution in [0.3, 0.4) is 0 Å². The molecule has 0 radical (unpaired) electrons. The van der Waals surface area contributed by atoms with Crippen LogP contribution in [0.5, 0.6) is 11.5 Å². The maximum absolute atomic E-state index is 5.43. The van der Waals surface area contributed by atoms with Crippen molar-refractivity contribution < 1.29 is 18.9 Å². The second-order valence-corrected chi connectivity index (χ2v) is 3.31. The van der Waals surface area contributed by atoms with Gasteiger partial charge in [-0.2, -0.15) is 0 Å². The fourth-order valence-electron chi connectivity index (χ4n) is 1.30. The molecule has 0 spiro atoms. The lowest BCUT2D eigenvalue weighted by Crippen LogP contribution is -2.04. The Morgan fingerprint density at radius 2 is 1.65 bits per heavy atom. The van der Waals surface area contributed by atoms with Gasteiger partial charge in [-0.15, -0.1) is 0 Å². The van der Waals surface area contributed by atoms with Gasteiger partial charge in [-0.3, -0.25) is 0 Å². The van der Waals surface area contributed by atoms with Crippen molar-refractivity contribution in [2.45, 2.75) is 6.92 Å². The summed E-state index contributed by atoms with van der Waals surface area (Å²) >= 11 is 0. The molecule has 1 aromatic rings. The Morgan fingerprint density at radius 3 is 2.24 bits per heavy atom. The second-order valence-electron chi connectivity index (χ2n) is 3.31. The van der Waals surface area contributed by atoms with E-state index < -0.39 is 0 Å². The molecule has 0 saturated heterocycles. The van der Waals surface area contributed by atoms with Crippen LogP contribution >= 0.6 is 0 Å². The van der Waals surface area contributed by atoms with Crippen molar-refractivity contribution in [1.82, 2.24) is 0 Å². The number of hydrogen-bond donors (Lipinski definition) is 0. The van der Waals surface area contributed by atoms with Crippen LogP contribution in [-0.2, 0) is 9.47 Å². The molecule has 0 heterocycles. The molecule has 0 aliphatic rings. The second kappa shape index (κ2) is 7.70. The third-order valence-electron chi connectivity index (χ3n) is 1.99. The molecule has 0 aliphatic heterocycles. The van der Waals surface area contributed by atoms with Gasteiger partial charge in [0.05, 0.1) is 0 Å². The number of ether oxygens (including phenoxy) is 4. The molecule has 0 aliphatic carbocycles. The van der Waals surface area contributed by atoms with E-state index in [-0.39, 0.29) is 13.6 Å². The number of rotatable bonds is 7. The predicted octanol–water partition coefficient (Wildman–Crippen LogP) is 2.69. The van der Waals surface area contributed by atoms with Gasteiger partial charge < -0.3 is 18.9 Å². The van der Waals surface area contributed by atoms with Crippen LogP contribution < -0.4 is 9.47 Å². The summed E-state index contributed by atoms with van der Waals surface area (Å²) in [4.78, 5) is 0. The van der Waals surface area contributed by atoms with Gasteiger partial charge in [0, 0.05) is 14.2 Å². The predicted molar refractivity (Wildman–Crippen MR) is 66.2 cm³/mol. The summed E-state index contributed by atoms with van der Waals surface area (Å²) in [5, 5.41) is 0. The van der Waals surface area contributed by atoms with Crippen LogP contribution in [-0.4, -0.2) is 27.8 Å². The van der Waals surface area contributed by atoms with Crippen LogP contribution in [0.25, 0.3) is 6.08 Å². The lowest BCUT2D eigenvalue weighted by molar-refractivity contribution is 0.0322. The summed E-state index contributed by atoms with van der Waals surface area (Å²) in [6.07, 6.45) is 3.95. The van der Waals surface area contributed by atoms with Gasteiger partial charge in [0.1, 0.15) is 0 Å². The fraction of sp³-hybridized carbons (Fsp3) is 0.385. The third-order valence-corrected chi connectivity index (χ3v) is 1.99. The first-order valence-electron chi connectivity index (χ1n) is 5.32. The van der Waals surface area contributed by atoms with Gasteiger partial charge >= 0.3 is 0 Å². The zero-order chi connectivity index (χ0) is 12.5. The highest BCUT2D eigenvalue weighted by Crippen LogP contribution is 2.29. The van der Waals surface area contributed by atoms with Crippen molar-refractivity contribution in [3.63, 3.8) is 0 Å². The first-order valence-corrected chi connectivity index (χ1v) is 5.32. The first-order chi connectivity index (χ1) is 8.31. The molecule has 0 amide bonds. The highest BCUT2D eigenvalue weighted by Gasteiger charge is 2.05. The Hall–Kier alpha value is -1.52. The van der Waals surface area contributed by atoms with Crippen LogP contribution in [0.1, 0.15) is 12.5 Å². The lowest BCUT2D eigenvalue weighted by Gasteiger charge is -2.12. The van der Waals surface area contributed by atoms with E-state index in [1.165, 1.54) is 0 Å². The molecular formula is C13H18O4. The monoisotopic (exact) mass is 238 g/mol. The summed E-state index contributed by atoms with van der Waals surface area (Å²) in [6.45, 7) is 2.33. The largest absolute Gasteiger partial charge is 0.464 e. The number of methoxy groups -OCH3 is 2. The fourth-order valence-corrected chi connectivity index (χ4v) is 1.30. The Balaban J connectivity index is 2.86. The van der Waals surface area contributed by atoms with Crippen molar-refractivity contribution in [2.24, 2.45) is 0 Å². The molecule has 4 heteroatoms. The maximum Gasteiger partial charge on any atom is 0.188 e. The van der Waals surface area contributed by atoms with E-state index in [0.29, 0.717) is 11.5 Å². The van der Waals surface area contributed by atoms with E-state index >= 15 is 0 Å². The van der Waals surface area contributed by atoms with Gasteiger partial charge in [-0.25, -0.2) is 0 Å². The summed E-state index contributed by atoms with van der Waals surface area (Å²) in [6, 6.07) is 5.69. The number of allylic oxidation sites excluding steroid dienone is 1. The zero-order valence-corrected chi connectivity index (χ0v) is 10.4. The smallest absolute Gasteiger partial charge is 0.188 e. The van der Waals surface area contributed by atoms with Crippen molar-refractivity contribution in [2.75, 3.05) is 27.8 Å². The topological polar surface area (TPSA) is 36.9 Å². The van der Waals surface area contributed by atoms with E-state index in [1.54, 1.807) is 14.2 Å². The summed E-state index contributed by atoms with van der Waals surface area (Å²) in [7, 11) is 3.15. The maximum atomic E-state index is 5.43. The van der Waals surface area contributed by atoms with Crippen molar-refractivity contribution in [3.05, 3.63) is 29.8 Å². The molecule has 0 bridgehead atoms. The average Bonchev–Trinajstić information content (AvgIpc) is 2.35. The van der Waals surface area contributed by atoms with Gasteiger partial charge in [-0.05, 0) is 24.6 Å². The molecule has 0 saturated carbocycles. The van der Waals surface area contributed by atoms with E-state index in [4.69, 9.17) is 18.9 Å². The molecule has 0 N–H and O–H groups in total. The highest BCUT2D eigenvalue weighted by atomic mass is 16.7. The van der Waals surface area contributed by atoms with Gasteiger partial charge in [0.2, 0.25) is 0 Å². The SMILES string of the molecule is CC=Cc1ccc(OCOC)c(OCOC)c1. The lowest BCUT2D eigenvalue weighted by atomic mass is 10.2. The zero-order valence-electron chi connectivity index (χ0n) is 10.4. The van der Waals surface area contributed by atoms with Crippen molar-refractivity contribution in [1.29, 1.82) is 0 Å². The van der Waals surface area contributed by atoms with Crippen LogP contribution in [0.15, 0.2) is 24.3 Å². The molecule has 0 atom stereocenters. The molecule has 0 aromatic heterocycles. The molecule has 0 fully saturated rings. The van der Waals surface area contributed by atoms with E-state index in [0.717, 1.165) is 5.56 Å². The molecule has 94 valence electrons. The summed E-state index contributed by atoms with van der Waals surface area (Å²) in [5.74, 6) is 1.27. The summed E-state index contributed by atoms with van der Waals surface area (Å²) < 4.78 is 20.6. The number of hydrogen-bond acceptors (Lipinski definition) is 4. The van der Waals surface area contributed by atoms with Crippen molar-refractivity contribution in [3.8, 4) is 11.5 Å². The number of benzene rings is 1. The standard InChI is InChI=1S/C13H18O4/c1-4-5-11-6-7-12(16-9-14-2)13(8-11)17-10-15-3/h4-8H,9-10H2,1-3H3. The Bertz CT molecular complexity index is 360. The molecule has 4 nitrogen and oxygen atoms in total. The van der Waals surface area contributed by atoms with Crippen molar-refractivity contribution >= 4 is 6.08 Å². The average molecular weight is 238 g/mol. The molecule has 17 heavy (non-hydrogen) atoms. The normalized spacial score (nSPS) is 10.8. The molecule has 0 unspecified atom stereocenters. The quantitative estimate of drug-likeness (QED) is 0.684. The highest BCUT2D eigenvalue weighted by molar-refractivity contribution is 5.55. The molecular weight excluding hydrogens is 220 g/mol. The Morgan fingerprint density at radius 1 is 1.00 bits per heavy atom. The van der Waals surface area contributed by atoms with Gasteiger partial charge in [0.25, 0.3) is 0 Å². The first kappa shape index (κ1) is 13.5. The van der Waals surface area contributed by atoms with Gasteiger partial charge in [-0.1, -0.05) is 18.2 Å². The van der Waals surface area contributed by atoms with Crippen LogP contribution in [0.4, 0.5) is 0 Å². The van der Waals surface area contributed by atoms with Crippen LogP contribution in [0.2, 0.25) is 0 Å². The Kier molecular flexibility index (Phi) is 6.14. The Labute approximate surface area is 102 Å². The summed E-state index contributed by atoms with van der Waals surface area (Å²) in [5.41, 5.74) is 1.04. The van der Waals surface area contributed by atoms with Gasteiger partial charge in [0.15, 0.2) is 25.1 Å². The van der Waals surface area contributed by atoms with E-state index in [1.807, 2.05) is 37.3 Å². The van der Waals surface area contributed by atoms with Crippen LogP contribution in [0, 0.1) is 0 Å². The molecule has 1 aromatic carbocycles. The minimum Gasteiger partial charge on any atom is -0.464 e. The minimum absolute atomic E-state index is 0.183. The van der Waals surface area contributed by atoms with E-state index in [2.05, 4.69) is 0 Å². The van der Waals surface area contributed by atoms with E-state index in [9.17, 15) is 0 Å². The minimum atomic E-state index is 0.183. The third kappa shape index (κ3) is 4.46. The molecule has 1 rings (SSSR count).